The third kappa shape index (κ3) is 3.82. The van der Waals surface area contributed by atoms with Crippen LogP contribution in [0.15, 0.2) is 42.5 Å². The maximum absolute atomic E-state index is 12.8. The Kier molecular flexibility index (Phi) is 4.84. The number of carbonyl (C=O) groups is 2. The Labute approximate surface area is 159 Å². The van der Waals surface area contributed by atoms with Crippen LogP contribution in [-0.2, 0) is 11.2 Å². The lowest BCUT2D eigenvalue weighted by Crippen LogP contribution is -2.33. The number of anilines is 3. The Hall–Kier alpha value is -2.82. The average Bonchev–Trinajstić information content (AvgIpc) is 3.31. The van der Waals surface area contributed by atoms with E-state index in [1.54, 1.807) is 0 Å². The van der Waals surface area contributed by atoms with Gasteiger partial charge in [0.1, 0.15) is 0 Å². The molecule has 140 valence electrons. The van der Waals surface area contributed by atoms with Gasteiger partial charge in [-0.25, -0.2) is 4.79 Å². The molecule has 0 aromatic heterocycles. The van der Waals surface area contributed by atoms with E-state index in [9.17, 15) is 9.59 Å². The summed E-state index contributed by atoms with van der Waals surface area (Å²) in [6.45, 7) is 2.73. The molecule has 1 heterocycles. The van der Waals surface area contributed by atoms with Gasteiger partial charge in [0.25, 0.3) is 0 Å². The van der Waals surface area contributed by atoms with E-state index in [2.05, 4.69) is 10.6 Å². The van der Waals surface area contributed by atoms with E-state index in [0.29, 0.717) is 5.69 Å². The minimum Gasteiger partial charge on any atom is -0.312 e. The van der Waals surface area contributed by atoms with Crippen LogP contribution in [0.25, 0.3) is 0 Å². The molecule has 0 spiro atoms. The topological polar surface area (TPSA) is 61.4 Å². The third-order valence-corrected chi connectivity index (χ3v) is 5.49. The molecule has 0 saturated heterocycles. The molecular formula is C22H25N3O2. The van der Waals surface area contributed by atoms with Crippen LogP contribution >= 0.6 is 0 Å². The number of nitrogens with zero attached hydrogens (tertiary/aromatic N) is 1. The minimum atomic E-state index is -0.285. The first kappa shape index (κ1) is 17.6. The van der Waals surface area contributed by atoms with Gasteiger partial charge < -0.3 is 15.5 Å². The number of rotatable bonds is 3. The number of aryl methyl sites for hydroxylation is 1. The minimum absolute atomic E-state index is 0.164. The zero-order valence-corrected chi connectivity index (χ0v) is 15.6. The van der Waals surface area contributed by atoms with Crippen LogP contribution in [0.2, 0.25) is 0 Å². The van der Waals surface area contributed by atoms with Crippen LogP contribution in [0.4, 0.5) is 21.9 Å². The summed E-state index contributed by atoms with van der Waals surface area (Å²) >= 11 is 0. The quantitative estimate of drug-likeness (QED) is 0.829. The average molecular weight is 363 g/mol. The van der Waals surface area contributed by atoms with Gasteiger partial charge in [-0.3, -0.25) is 4.79 Å². The van der Waals surface area contributed by atoms with E-state index < -0.39 is 0 Å². The lowest BCUT2D eigenvalue weighted by molar-refractivity contribution is -0.122. The van der Waals surface area contributed by atoms with Gasteiger partial charge in [-0.05, 0) is 61.6 Å². The molecule has 0 atom stereocenters. The SMILES string of the molecule is Cc1cccc(NC(=O)Nc2ccc3c(c2)N(C(=O)C2CCCC2)CC3)c1. The molecule has 1 aliphatic carbocycles. The molecule has 2 aromatic carbocycles. The number of hydrogen-bond acceptors (Lipinski definition) is 2. The summed E-state index contributed by atoms with van der Waals surface area (Å²) in [7, 11) is 0. The summed E-state index contributed by atoms with van der Waals surface area (Å²) in [5, 5.41) is 5.73. The third-order valence-electron chi connectivity index (χ3n) is 5.49. The first-order chi connectivity index (χ1) is 13.1. The van der Waals surface area contributed by atoms with Gasteiger partial charge in [0.2, 0.25) is 5.91 Å². The van der Waals surface area contributed by atoms with E-state index in [0.717, 1.165) is 55.6 Å². The highest BCUT2D eigenvalue weighted by Gasteiger charge is 2.31. The molecule has 0 bridgehead atoms. The molecule has 1 aliphatic heterocycles. The lowest BCUT2D eigenvalue weighted by Gasteiger charge is -2.21. The van der Waals surface area contributed by atoms with Crippen LogP contribution in [0.3, 0.4) is 0 Å². The predicted octanol–water partition coefficient (Wildman–Crippen LogP) is 4.72. The van der Waals surface area contributed by atoms with Gasteiger partial charge in [0.05, 0.1) is 0 Å². The van der Waals surface area contributed by atoms with Crippen molar-refractivity contribution in [3.8, 4) is 0 Å². The Morgan fingerprint density at radius 2 is 1.74 bits per heavy atom. The molecule has 0 radical (unpaired) electrons. The maximum Gasteiger partial charge on any atom is 0.323 e. The first-order valence-corrected chi connectivity index (χ1v) is 9.69. The standard InChI is InChI=1S/C22H25N3O2/c1-15-5-4-8-18(13-15)23-22(27)24-19-10-9-16-11-12-25(20(16)14-19)21(26)17-6-2-3-7-17/h4-5,8-10,13-14,17H,2-3,6-7,11-12H2,1H3,(H2,23,24,27). The molecule has 0 unspecified atom stereocenters. The molecule has 5 nitrogen and oxygen atoms in total. The van der Waals surface area contributed by atoms with E-state index in [4.69, 9.17) is 0 Å². The van der Waals surface area contributed by atoms with Gasteiger partial charge in [0.15, 0.2) is 0 Å². The summed E-state index contributed by atoms with van der Waals surface area (Å²) in [5.74, 6) is 0.407. The van der Waals surface area contributed by atoms with Crippen molar-refractivity contribution in [2.75, 3.05) is 22.1 Å². The van der Waals surface area contributed by atoms with Crippen molar-refractivity contribution >= 4 is 29.0 Å². The number of carbonyl (C=O) groups excluding carboxylic acids is 2. The van der Waals surface area contributed by atoms with E-state index >= 15 is 0 Å². The Morgan fingerprint density at radius 1 is 1.00 bits per heavy atom. The van der Waals surface area contributed by atoms with Gasteiger partial charge in [-0.1, -0.05) is 31.0 Å². The zero-order chi connectivity index (χ0) is 18.8. The van der Waals surface area contributed by atoms with Gasteiger partial charge >= 0.3 is 6.03 Å². The molecule has 1 saturated carbocycles. The lowest BCUT2D eigenvalue weighted by atomic mass is 10.1. The second-order valence-electron chi connectivity index (χ2n) is 7.51. The molecule has 2 N–H and O–H groups in total. The zero-order valence-electron chi connectivity index (χ0n) is 15.6. The van der Waals surface area contributed by atoms with Gasteiger partial charge in [-0.15, -0.1) is 0 Å². The first-order valence-electron chi connectivity index (χ1n) is 9.69. The fraction of sp³-hybridized carbons (Fsp3) is 0.364. The summed E-state index contributed by atoms with van der Waals surface area (Å²) in [6, 6.07) is 13.2. The fourth-order valence-corrected chi connectivity index (χ4v) is 4.10. The van der Waals surface area contributed by atoms with Gasteiger partial charge in [-0.2, -0.15) is 0 Å². The van der Waals surface area contributed by atoms with Crippen LogP contribution in [0.5, 0.6) is 0 Å². The van der Waals surface area contributed by atoms with Crippen molar-refractivity contribution in [1.29, 1.82) is 0 Å². The number of amides is 3. The van der Waals surface area contributed by atoms with Crippen LogP contribution in [0.1, 0.15) is 36.8 Å². The van der Waals surface area contributed by atoms with Crippen LogP contribution < -0.4 is 15.5 Å². The highest BCUT2D eigenvalue weighted by molar-refractivity contribution is 6.01. The number of fused-ring (bicyclic) bond motifs is 1. The number of nitrogens with one attached hydrogen (secondary N) is 2. The summed E-state index contributed by atoms with van der Waals surface area (Å²) in [5.41, 5.74) is 4.66. The van der Waals surface area contributed by atoms with Crippen LogP contribution in [-0.4, -0.2) is 18.5 Å². The molecule has 1 fully saturated rings. The van der Waals surface area contributed by atoms with E-state index in [1.807, 2.05) is 54.3 Å². The highest BCUT2D eigenvalue weighted by Crippen LogP contribution is 2.35. The summed E-state index contributed by atoms with van der Waals surface area (Å²) < 4.78 is 0. The molecule has 2 aliphatic rings. The monoisotopic (exact) mass is 363 g/mol. The molecule has 2 aromatic rings. The predicted molar refractivity (Wildman–Crippen MR) is 108 cm³/mol. The van der Waals surface area contributed by atoms with Crippen molar-refractivity contribution in [2.45, 2.75) is 39.0 Å². The summed E-state index contributed by atoms with van der Waals surface area (Å²) in [6.07, 6.45) is 5.18. The van der Waals surface area contributed by atoms with Crippen LogP contribution in [0, 0.1) is 12.8 Å². The van der Waals surface area contributed by atoms with E-state index in [-0.39, 0.29) is 17.9 Å². The number of urea groups is 1. The van der Waals surface area contributed by atoms with Crippen molar-refractivity contribution < 1.29 is 9.59 Å². The second kappa shape index (κ2) is 7.43. The molecule has 27 heavy (non-hydrogen) atoms. The molecular weight excluding hydrogens is 338 g/mol. The van der Waals surface area contributed by atoms with E-state index in [1.165, 1.54) is 5.56 Å². The van der Waals surface area contributed by atoms with Crippen molar-refractivity contribution in [1.82, 2.24) is 0 Å². The Morgan fingerprint density at radius 3 is 2.48 bits per heavy atom. The maximum atomic E-state index is 12.8. The van der Waals surface area contributed by atoms with Crippen molar-refractivity contribution in [2.24, 2.45) is 5.92 Å². The largest absolute Gasteiger partial charge is 0.323 e. The van der Waals surface area contributed by atoms with Gasteiger partial charge in [0, 0.05) is 29.5 Å². The molecule has 4 rings (SSSR count). The Bertz CT molecular complexity index is 872. The fourth-order valence-electron chi connectivity index (χ4n) is 4.10. The normalized spacial score (nSPS) is 16.3. The highest BCUT2D eigenvalue weighted by atomic mass is 16.2. The van der Waals surface area contributed by atoms with Crippen molar-refractivity contribution in [3.05, 3.63) is 53.6 Å². The smallest absolute Gasteiger partial charge is 0.312 e. The summed E-state index contributed by atoms with van der Waals surface area (Å²) in [4.78, 5) is 27.1. The number of hydrogen-bond donors (Lipinski definition) is 2. The molecule has 3 amide bonds. The Balaban J connectivity index is 1.46. The number of benzene rings is 2. The van der Waals surface area contributed by atoms with Crippen molar-refractivity contribution in [3.63, 3.8) is 0 Å². The molecule has 5 heteroatoms. The second-order valence-corrected chi connectivity index (χ2v) is 7.51.